The van der Waals surface area contributed by atoms with Crippen molar-refractivity contribution in [2.24, 2.45) is 0 Å². The molecule has 0 aromatic heterocycles. The van der Waals surface area contributed by atoms with E-state index in [1.807, 2.05) is 31.3 Å². The third-order valence-electron chi connectivity index (χ3n) is 4.60. The molecule has 1 aliphatic heterocycles. The summed E-state index contributed by atoms with van der Waals surface area (Å²) in [6.07, 6.45) is 7.51. The van der Waals surface area contributed by atoms with Gasteiger partial charge in [-0.2, -0.15) is 0 Å². The van der Waals surface area contributed by atoms with E-state index in [1.54, 1.807) is 0 Å². The minimum absolute atomic E-state index is 0.00844. The van der Waals surface area contributed by atoms with Crippen molar-refractivity contribution in [1.29, 1.82) is 0 Å². The van der Waals surface area contributed by atoms with Crippen molar-refractivity contribution in [3.05, 3.63) is 24.3 Å². The Labute approximate surface area is 156 Å². The van der Waals surface area contributed by atoms with Crippen molar-refractivity contribution >= 4 is 23.2 Å². The molecule has 0 unspecified atom stereocenters. The molecule has 144 valence electrons. The maximum Gasteiger partial charge on any atom is 0.238 e. The third-order valence-corrected chi connectivity index (χ3v) is 4.60. The van der Waals surface area contributed by atoms with Crippen molar-refractivity contribution in [3.8, 4) is 0 Å². The molecule has 1 aromatic rings. The summed E-state index contributed by atoms with van der Waals surface area (Å²) in [5.74, 6) is 0.0311. The topological polar surface area (TPSA) is 73.5 Å². The molecular weight excluding hydrogens is 328 g/mol. The van der Waals surface area contributed by atoms with Gasteiger partial charge in [-0.3, -0.25) is 14.5 Å². The minimum atomic E-state index is 0.00844. The summed E-state index contributed by atoms with van der Waals surface area (Å²) in [5.41, 5.74) is 1.51. The first-order chi connectivity index (χ1) is 12.7. The highest BCUT2D eigenvalue weighted by molar-refractivity contribution is 5.93. The van der Waals surface area contributed by atoms with E-state index in [1.165, 1.54) is 32.1 Å². The Balaban J connectivity index is 1.75. The molecule has 1 fully saturated rings. The van der Waals surface area contributed by atoms with Gasteiger partial charge in [0.25, 0.3) is 0 Å². The minimum Gasteiger partial charge on any atom is -0.326 e. The van der Waals surface area contributed by atoms with E-state index in [4.69, 9.17) is 0 Å². The Kier molecular flexibility index (Phi) is 9.14. The number of rotatable bonds is 8. The van der Waals surface area contributed by atoms with Crippen LogP contribution >= 0.6 is 0 Å². The number of likely N-dealkylation sites (tertiary alicyclic amines) is 1. The second-order valence-electron chi connectivity index (χ2n) is 6.92. The van der Waals surface area contributed by atoms with Crippen LogP contribution in [0.1, 0.15) is 44.9 Å². The van der Waals surface area contributed by atoms with Crippen LogP contribution in [0.2, 0.25) is 0 Å². The van der Waals surface area contributed by atoms with Gasteiger partial charge in [-0.05, 0) is 70.2 Å². The standard InChI is InChI=1S/C20H32N4O2/c1-21-13-7-8-19(25)22-17-9-11-18(12-10-17)23-20(26)16-24-14-5-3-2-4-6-15-24/h9-12,21H,2-8,13-16H2,1H3,(H,22,25)(H,23,26). The number of hydrogen-bond donors (Lipinski definition) is 3. The molecule has 2 rings (SSSR count). The predicted molar refractivity (Wildman–Crippen MR) is 106 cm³/mol. The molecule has 0 aliphatic carbocycles. The molecule has 1 aromatic carbocycles. The molecule has 26 heavy (non-hydrogen) atoms. The summed E-state index contributed by atoms with van der Waals surface area (Å²) in [5, 5.41) is 8.84. The third kappa shape index (κ3) is 7.97. The summed E-state index contributed by atoms with van der Waals surface area (Å²) < 4.78 is 0. The van der Waals surface area contributed by atoms with Crippen molar-refractivity contribution < 1.29 is 9.59 Å². The van der Waals surface area contributed by atoms with Gasteiger partial charge < -0.3 is 16.0 Å². The average Bonchev–Trinajstić information content (AvgIpc) is 2.59. The molecule has 0 atom stereocenters. The van der Waals surface area contributed by atoms with Crippen LogP contribution in [0.5, 0.6) is 0 Å². The zero-order chi connectivity index (χ0) is 18.6. The number of anilines is 2. The van der Waals surface area contributed by atoms with E-state index < -0.39 is 0 Å². The largest absolute Gasteiger partial charge is 0.326 e. The first-order valence-electron chi connectivity index (χ1n) is 9.74. The average molecular weight is 361 g/mol. The van der Waals surface area contributed by atoms with E-state index in [-0.39, 0.29) is 11.8 Å². The first-order valence-corrected chi connectivity index (χ1v) is 9.74. The van der Waals surface area contributed by atoms with Gasteiger partial charge in [0.15, 0.2) is 0 Å². The van der Waals surface area contributed by atoms with Crippen molar-refractivity contribution in [3.63, 3.8) is 0 Å². The number of hydrogen-bond acceptors (Lipinski definition) is 4. The fourth-order valence-corrected chi connectivity index (χ4v) is 3.16. The van der Waals surface area contributed by atoms with Gasteiger partial charge in [-0.1, -0.05) is 19.3 Å². The Hall–Kier alpha value is -1.92. The lowest BCUT2D eigenvalue weighted by Gasteiger charge is -2.23. The highest BCUT2D eigenvalue weighted by atomic mass is 16.2. The van der Waals surface area contributed by atoms with Crippen LogP contribution in [-0.4, -0.2) is 49.9 Å². The Bertz CT molecular complexity index is 551. The molecule has 1 saturated heterocycles. The molecule has 0 bridgehead atoms. The Morgan fingerprint density at radius 2 is 1.42 bits per heavy atom. The van der Waals surface area contributed by atoms with Gasteiger partial charge >= 0.3 is 0 Å². The predicted octanol–water partition coefficient (Wildman–Crippen LogP) is 2.83. The van der Waals surface area contributed by atoms with E-state index in [0.717, 1.165) is 37.4 Å². The van der Waals surface area contributed by atoms with Crippen LogP contribution in [0.4, 0.5) is 11.4 Å². The number of nitrogens with zero attached hydrogens (tertiary/aromatic N) is 1. The van der Waals surface area contributed by atoms with E-state index in [0.29, 0.717) is 13.0 Å². The number of carbonyl (C=O) groups is 2. The van der Waals surface area contributed by atoms with Crippen molar-refractivity contribution in [2.45, 2.75) is 44.9 Å². The molecule has 6 heteroatoms. The maximum atomic E-state index is 12.3. The molecule has 0 saturated carbocycles. The first kappa shape index (κ1) is 20.4. The zero-order valence-corrected chi connectivity index (χ0v) is 15.9. The van der Waals surface area contributed by atoms with Crippen LogP contribution in [-0.2, 0) is 9.59 Å². The molecule has 3 N–H and O–H groups in total. The fourth-order valence-electron chi connectivity index (χ4n) is 3.16. The quantitative estimate of drug-likeness (QED) is 0.623. The van der Waals surface area contributed by atoms with Gasteiger partial charge in [0.1, 0.15) is 0 Å². The maximum absolute atomic E-state index is 12.3. The molecule has 0 radical (unpaired) electrons. The summed E-state index contributed by atoms with van der Waals surface area (Å²) in [4.78, 5) is 26.3. The van der Waals surface area contributed by atoms with Crippen LogP contribution in [0, 0.1) is 0 Å². The monoisotopic (exact) mass is 360 g/mol. The van der Waals surface area contributed by atoms with Gasteiger partial charge in [0.05, 0.1) is 6.54 Å². The van der Waals surface area contributed by atoms with E-state index in [2.05, 4.69) is 20.9 Å². The molecule has 1 heterocycles. The second kappa shape index (κ2) is 11.6. The summed E-state index contributed by atoms with van der Waals surface area (Å²) in [7, 11) is 1.87. The second-order valence-corrected chi connectivity index (χ2v) is 6.92. The van der Waals surface area contributed by atoms with Gasteiger partial charge in [0, 0.05) is 17.8 Å². The van der Waals surface area contributed by atoms with Gasteiger partial charge in [-0.15, -0.1) is 0 Å². The molecule has 1 aliphatic rings. The molecule has 2 amide bonds. The van der Waals surface area contributed by atoms with E-state index >= 15 is 0 Å². The van der Waals surface area contributed by atoms with Crippen molar-refractivity contribution in [1.82, 2.24) is 10.2 Å². The smallest absolute Gasteiger partial charge is 0.238 e. The van der Waals surface area contributed by atoms with Crippen LogP contribution in [0.25, 0.3) is 0 Å². The molecule has 6 nitrogen and oxygen atoms in total. The van der Waals surface area contributed by atoms with Gasteiger partial charge in [0.2, 0.25) is 11.8 Å². The number of nitrogens with one attached hydrogen (secondary N) is 3. The van der Waals surface area contributed by atoms with E-state index in [9.17, 15) is 9.59 Å². The summed E-state index contributed by atoms with van der Waals surface area (Å²) in [6, 6.07) is 7.30. The number of amides is 2. The number of carbonyl (C=O) groups excluding carboxylic acids is 2. The lowest BCUT2D eigenvalue weighted by atomic mass is 10.1. The SMILES string of the molecule is CNCCCC(=O)Nc1ccc(NC(=O)CN2CCCCCCC2)cc1. The lowest BCUT2D eigenvalue weighted by Crippen LogP contribution is -2.35. The lowest BCUT2D eigenvalue weighted by molar-refractivity contribution is -0.117. The number of benzene rings is 1. The van der Waals surface area contributed by atoms with Crippen LogP contribution < -0.4 is 16.0 Å². The zero-order valence-electron chi connectivity index (χ0n) is 15.9. The van der Waals surface area contributed by atoms with Gasteiger partial charge in [-0.25, -0.2) is 0 Å². The summed E-state index contributed by atoms with van der Waals surface area (Å²) >= 11 is 0. The Morgan fingerprint density at radius 1 is 0.885 bits per heavy atom. The Morgan fingerprint density at radius 3 is 2.00 bits per heavy atom. The molecule has 0 spiro atoms. The highest BCUT2D eigenvalue weighted by Crippen LogP contribution is 2.15. The summed E-state index contributed by atoms with van der Waals surface area (Å²) in [6.45, 7) is 3.29. The van der Waals surface area contributed by atoms with Crippen molar-refractivity contribution in [2.75, 3.05) is 43.9 Å². The molecular formula is C20H32N4O2. The van der Waals surface area contributed by atoms with Crippen LogP contribution in [0.3, 0.4) is 0 Å². The fraction of sp³-hybridized carbons (Fsp3) is 0.600. The normalized spacial score (nSPS) is 15.7. The highest BCUT2D eigenvalue weighted by Gasteiger charge is 2.12. The van der Waals surface area contributed by atoms with Crippen LogP contribution in [0.15, 0.2) is 24.3 Å².